The number of amides is 1. The number of likely N-dealkylation sites (tertiary alicyclic amines) is 1. The van der Waals surface area contributed by atoms with Crippen molar-refractivity contribution < 1.29 is 24.2 Å². The van der Waals surface area contributed by atoms with Crippen LogP contribution in [0.2, 0.25) is 0 Å². The van der Waals surface area contributed by atoms with Gasteiger partial charge in [0.05, 0.1) is 19.1 Å². The van der Waals surface area contributed by atoms with Gasteiger partial charge >= 0.3 is 5.97 Å². The summed E-state index contributed by atoms with van der Waals surface area (Å²) in [6.45, 7) is 3.98. The van der Waals surface area contributed by atoms with Crippen LogP contribution in [0, 0.1) is 17.8 Å². The highest BCUT2D eigenvalue weighted by Crippen LogP contribution is 2.44. The molecule has 2 aliphatic rings. The third-order valence-corrected chi connectivity index (χ3v) is 5.20. The van der Waals surface area contributed by atoms with Crippen LogP contribution < -0.4 is 9.47 Å². The molecule has 2 atom stereocenters. The lowest BCUT2D eigenvalue weighted by molar-refractivity contribution is -0.142. The highest BCUT2D eigenvalue weighted by molar-refractivity contribution is 5.79. The lowest BCUT2D eigenvalue weighted by Gasteiger charge is -2.16. The third-order valence-electron chi connectivity index (χ3n) is 5.20. The zero-order valence-corrected chi connectivity index (χ0v) is 15.2. The number of carbonyl (C=O) groups is 2. The fourth-order valence-electron chi connectivity index (χ4n) is 3.67. The van der Waals surface area contributed by atoms with Crippen molar-refractivity contribution in [3.63, 3.8) is 0 Å². The standard InChI is InChI=1S/C20H27NO5/c1-2-25-15-7-9-16(10-8-15)26-11-3-4-19(22)21-12-17(14-5-6-14)18(13-21)20(23)24/h7-10,14,17-18H,2-6,11-13H2,1H3,(H,23,24)/t17-,18+/m1/s1. The van der Waals surface area contributed by atoms with Gasteiger partial charge in [0.15, 0.2) is 0 Å². The van der Waals surface area contributed by atoms with Gasteiger partial charge in [-0.1, -0.05) is 0 Å². The first-order valence-corrected chi connectivity index (χ1v) is 9.44. The Morgan fingerprint density at radius 2 is 1.77 bits per heavy atom. The first kappa shape index (κ1) is 18.5. The predicted octanol–water partition coefficient (Wildman–Crippen LogP) is 2.81. The minimum atomic E-state index is -0.768. The topological polar surface area (TPSA) is 76.1 Å². The monoisotopic (exact) mass is 361 g/mol. The molecule has 3 rings (SSSR count). The van der Waals surface area contributed by atoms with E-state index in [-0.39, 0.29) is 11.8 Å². The smallest absolute Gasteiger partial charge is 0.308 e. The number of ether oxygens (including phenoxy) is 2. The molecule has 1 aromatic carbocycles. The number of benzene rings is 1. The van der Waals surface area contributed by atoms with Crippen molar-refractivity contribution >= 4 is 11.9 Å². The van der Waals surface area contributed by atoms with Crippen molar-refractivity contribution in [2.24, 2.45) is 17.8 Å². The lowest BCUT2D eigenvalue weighted by Crippen LogP contribution is -2.30. The van der Waals surface area contributed by atoms with Crippen molar-refractivity contribution in [2.75, 3.05) is 26.3 Å². The lowest BCUT2D eigenvalue weighted by atomic mass is 9.92. The Kier molecular flexibility index (Phi) is 6.01. The number of carboxylic acid groups (broad SMARTS) is 1. The van der Waals surface area contributed by atoms with Crippen molar-refractivity contribution in [3.05, 3.63) is 24.3 Å². The summed E-state index contributed by atoms with van der Waals surface area (Å²) in [6.07, 6.45) is 3.22. The Morgan fingerprint density at radius 3 is 2.35 bits per heavy atom. The van der Waals surface area contributed by atoms with Gasteiger partial charge in [-0.05, 0) is 62.3 Å². The van der Waals surface area contributed by atoms with Crippen LogP contribution in [0.5, 0.6) is 11.5 Å². The van der Waals surface area contributed by atoms with Gasteiger partial charge in [0.1, 0.15) is 11.5 Å². The third kappa shape index (κ3) is 4.68. The number of nitrogens with zero attached hydrogens (tertiary/aromatic N) is 1. The molecule has 0 bridgehead atoms. The van der Waals surface area contributed by atoms with Crippen LogP contribution in [-0.2, 0) is 9.59 Å². The summed E-state index contributed by atoms with van der Waals surface area (Å²) in [7, 11) is 0. The maximum absolute atomic E-state index is 12.4. The fourth-order valence-corrected chi connectivity index (χ4v) is 3.67. The molecule has 1 saturated carbocycles. The number of carboxylic acids is 1. The zero-order chi connectivity index (χ0) is 18.5. The van der Waals surface area contributed by atoms with Crippen molar-refractivity contribution in [3.8, 4) is 11.5 Å². The highest BCUT2D eigenvalue weighted by atomic mass is 16.5. The van der Waals surface area contributed by atoms with Crippen LogP contribution in [0.3, 0.4) is 0 Å². The summed E-state index contributed by atoms with van der Waals surface area (Å²) in [5, 5.41) is 9.39. The van der Waals surface area contributed by atoms with Crippen molar-refractivity contribution in [1.82, 2.24) is 4.90 Å². The molecule has 1 amide bonds. The zero-order valence-electron chi connectivity index (χ0n) is 15.2. The Balaban J connectivity index is 1.39. The second-order valence-electron chi connectivity index (χ2n) is 7.10. The van der Waals surface area contributed by atoms with Crippen molar-refractivity contribution in [2.45, 2.75) is 32.6 Å². The maximum Gasteiger partial charge on any atom is 0.308 e. The summed E-state index contributed by atoms with van der Waals surface area (Å²) in [6, 6.07) is 7.42. The fraction of sp³-hybridized carbons (Fsp3) is 0.600. The van der Waals surface area contributed by atoms with Crippen LogP contribution in [0.25, 0.3) is 0 Å². The number of rotatable bonds is 9. The molecule has 1 heterocycles. The van der Waals surface area contributed by atoms with Gasteiger partial charge in [-0.25, -0.2) is 0 Å². The summed E-state index contributed by atoms with van der Waals surface area (Å²) in [5.41, 5.74) is 0. The Morgan fingerprint density at radius 1 is 1.12 bits per heavy atom. The molecule has 1 N–H and O–H groups in total. The van der Waals surface area contributed by atoms with Gasteiger partial charge in [-0.15, -0.1) is 0 Å². The molecule has 1 aliphatic heterocycles. The Bertz CT molecular complexity index is 626. The molecular formula is C20H27NO5. The van der Waals surface area contributed by atoms with Crippen LogP contribution in [-0.4, -0.2) is 48.2 Å². The van der Waals surface area contributed by atoms with E-state index in [1.165, 1.54) is 0 Å². The molecule has 0 unspecified atom stereocenters. The molecule has 0 aromatic heterocycles. The molecule has 142 valence electrons. The molecule has 1 aliphatic carbocycles. The van der Waals surface area contributed by atoms with E-state index in [1.807, 2.05) is 31.2 Å². The van der Waals surface area contributed by atoms with E-state index in [0.29, 0.717) is 45.1 Å². The summed E-state index contributed by atoms with van der Waals surface area (Å²) < 4.78 is 11.0. The average molecular weight is 361 g/mol. The minimum Gasteiger partial charge on any atom is -0.494 e. The quantitative estimate of drug-likeness (QED) is 0.685. The number of aliphatic carboxylic acids is 1. The summed E-state index contributed by atoms with van der Waals surface area (Å²) >= 11 is 0. The SMILES string of the molecule is CCOc1ccc(OCCCC(=O)N2C[C@H](C(=O)O)[C@@H](C3CC3)C2)cc1. The average Bonchev–Trinajstić information content (AvgIpc) is 3.38. The maximum atomic E-state index is 12.4. The largest absolute Gasteiger partial charge is 0.494 e. The normalized spacial score (nSPS) is 22.3. The molecule has 2 fully saturated rings. The molecule has 26 heavy (non-hydrogen) atoms. The highest BCUT2D eigenvalue weighted by Gasteiger charge is 2.46. The predicted molar refractivity (Wildman–Crippen MR) is 96.3 cm³/mol. The van der Waals surface area contributed by atoms with E-state index in [4.69, 9.17) is 9.47 Å². The van der Waals surface area contributed by atoms with Crippen LogP contribution >= 0.6 is 0 Å². The molecule has 0 radical (unpaired) electrons. The molecule has 0 spiro atoms. The molecule has 6 heteroatoms. The second kappa shape index (κ2) is 8.43. The number of hydrogen-bond acceptors (Lipinski definition) is 4. The van der Waals surface area contributed by atoms with Crippen LogP contribution in [0.1, 0.15) is 32.6 Å². The molecule has 6 nitrogen and oxygen atoms in total. The minimum absolute atomic E-state index is 0.0368. The van der Waals surface area contributed by atoms with Gasteiger partial charge in [0.2, 0.25) is 5.91 Å². The number of hydrogen-bond donors (Lipinski definition) is 1. The van der Waals surface area contributed by atoms with Gasteiger partial charge in [0, 0.05) is 19.5 Å². The number of carbonyl (C=O) groups excluding carboxylic acids is 1. The van der Waals surface area contributed by atoms with Gasteiger partial charge in [-0.2, -0.15) is 0 Å². The first-order chi connectivity index (χ1) is 12.6. The van der Waals surface area contributed by atoms with E-state index in [1.54, 1.807) is 4.90 Å². The van der Waals surface area contributed by atoms with Gasteiger partial charge in [0.25, 0.3) is 0 Å². The Labute approximate surface area is 154 Å². The van der Waals surface area contributed by atoms with E-state index in [2.05, 4.69) is 0 Å². The van der Waals surface area contributed by atoms with Crippen molar-refractivity contribution in [1.29, 1.82) is 0 Å². The van der Waals surface area contributed by atoms with E-state index < -0.39 is 11.9 Å². The van der Waals surface area contributed by atoms with Gasteiger partial charge in [-0.3, -0.25) is 9.59 Å². The van der Waals surface area contributed by atoms with Crippen LogP contribution in [0.4, 0.5) is 0 Å². The molecule has 1 aromatic rings. The van der Waals surface area contributed by atoms with Crippen LogP contribution in [0.15, 0.2) is 24.3 Å². The van der Waals surface area contributed by atoms with E-state index in [0.717, 1.165) is 24.3 Å². The first-order valence-electron chi connectivity index (χ1n) is 9.44. The van der Waals surface area contributed by atoms with E-state index >= 15 is 0 Å². The van der Waals surface area contributed by atoms with Gasteiger partial charge < -0.3 is 19.5 Å². The second-order valence-corrected chi connectivity index (χ2v) is 7.10. The van der Waals surface area contributed by atoms with E-state index in [9.17, 15) is 14.7 Å². The molecular weight excluding hydrogens is 334 g/mol. The summed E-state index contributed by atoms with van der Waals surface area (Å²) in [4.78, 5) is 25.6. The molecule has 1 saturated heterocycles. The summed E-state index contributed by atoms with van der Waals surface area (Å²) in [5.74, 6) is 1.06. The Hall–Kier alpha value is -2.24.